The molecule has 0 unspecified atom stereocenters. The van der Waals surface area contributed by atoms with Crippen LogP contribution in [0.1, 0.15) is 16.1 Å². The summed E-state index contributed by atoms with van der Waals surface area (Å²) in [7, 11) is 0. The normalized spacial score (nSPS) is 10.9. The fraction of sp³-hybridized carbons (Fsp3) is 0.0588. The van der Waals surface area contributed by atoms with Gasteiger partial charge in [-0.15, -0.1) is 0 Å². The van der Waals surface area contributed by atoms with Crippen LogP contribution in [0.4, 0.5) is 0 Å². The molecule has 3 aromatic rings. The van der Waals surface area contributed by atoms with Gasteiger partial charge < -0.3 is 10.2 Å². The second-order valence-corrected chi connectivity index (χ2v) is 6.01. The quantitative estimate of drug-likeness (QED) is 0.742. The van der Waals surface area contributed by atoms with E-state index in [-0.39, 0.29) is 27.4 Å². The molecule has 0 bridgehead atoms. The number of fused-ring (bicyclic) bond motifs is 1. The molecule has 0 saturated carbocycles. The molecule has 1 heterocycles. The fourth-order valence-corrected chi connectivity index (χ4v) is 2.88. The standard InChI is InChI=1S/C17H11Cl2NO4/c18-12-6-10-11(7-13(12)19)16(22)20(14(15(10)21)17(23)24)8-9-4-2-1-3-5-9/h1-7,21H,8H2,(H,23,24). The topological polar surface area (TPSA) is 79.5 Å². The minimum absolute atomic E-state index is 0.00501. The van der Waals surface area contributed by atoms with Gasteiger partial charge in [-0.3, -0.25) is 9.36 Å². The molecule has 2 aromatic carbocycles. The van der Waals surface area contributed by atoms with Crippen LogP contribution in [0.2, 0.25) is 10.0 Å². The minimum atomic E-state index is -1.41. The zero-order chi connectivity index (χ0) is 17.4. The molecule has 0 aliphatic carbocycles. The predicted octanol–water partition coefficient (Wildman–Crippen LogP) is 3.76. The summed E-state index contributed by atoms with van der Waals surface area (Å²) in [5.41, 5.74) is -0.335. The Hall–Kier alpha value is -2.50. The van der Waals surface area contributed by atoms with Crippen molar-refractivity contribution in [3.05, 3.63) is 74.1 Å². The number of halogens is 2. The van der Waals surface area contributed by atoms with Gasteiger partial charge >= 0.3 is 5.97 Å². The number of hydrogen-bond donors (Lipinski definition) is 2. The Morgan fingerprint density at radius 2 is 1.62 bits per heavy atom. The molecule has 0 fully saturated rings. The zero-order valence-corrected chi connectivity index (χ0v) is 13.7. The summed E-state index contributed by atoms with van der Waals surface area (Å²) in [6, 6.07) is 11.5. The van der Waals surface area contributed by atoms with Crippen molar-refractivity contribution in [3.8, 4) is 5.75 Å². The molecule has 24 heavy (non-hydrogen) atoms. The van der Waals surface area contributed by atoms with Crippen LogP contribution in [0.15, 0.2) is 47.3 Å². The molecule has 0 radical (unpaired) electrons. The minimum Gasteiger partial charge on any atom is -0.505 e. The van der Waals surface area contributed by atoms with Gasteiger partial charge in [0, 0.05) is 5.39 Å². The number of aromatic carboxylic acids is 1. The Labute approximate surface area is 146 Å². The molecule has 122 valence electrons. The summed E-state index contributed by atoms with van der Waals surface area (Å²) in [6.45, 7) is 0.00501. The van der Waals surface area contributed by atoms with E-state index in [1.807, 2.05) is 6.07 Å². The van der Waals surface area contributed by atoms with Crippen molar-refractivity contribution < 1.29 is 15.0 Å². The summed E-state index contributed by atoms with van der Waals surface area (Å²) in [5, 5.41) is 20.3. The summed E-state index contributed by atoms with van der Waals surface area (Å²) in [4.78, 5) is 24.4. The third-order valence-electron chi connectivity index (χ3n) is 3.67. The van der Waals surface area contributed by atoms with Crippen molar-refractivity contribution in [2.45, 2.75) is 6.54 Å². The Kier molecular flexibility index (Phi) is 4.22. The maximum Gasteiger partial charge on any atom is 0.356 e. The van der Waals surface area contributed by atoms with Crippen molar-refractivity contribution in [2.24, 2.45) is 0 Å². The second-order valence-electron chi connectivity index (χ2n) is 5.19. The molecular weight excluding hydrogens is 353 g/mol. The predicted molar refractivity (Wildman–Crippen MR) is 92.4 cm³/mol. The molecular formula is C17H11Cl2NO4. The van der Waals surface area contributed by atoms with Crippen molar-refractivity contribution in [1.29, 1.82) is 0 Å². The fourth-order valence-electron chi connectivity index (χ4n) is 2.56. The van der Waals surface area contributed by atoms with Crippen LogP contribution in [0.3, 0.4) is 0 Å². The summed E-state index contributed by atoms with van der Waals surface area (Å²) in [5.74, 6) is -1.93. The van der Waals surface area contributed by atoms with E-state index in [9.17, 15) is 19.8 Å². The van der Waals surface area contributed by atoms with E-state index in [0.717, 1.165) is 10.1 Å². The van der Waals surface area contributed by atoms with Gasteiger partial charge in [0.15, 0.2) is 11.4 Å². The Bertz CT molecular complexity index is 1010. The zero-order valence-electron chi connectivity index (χ0n) is 12.2. The number of rotatable bonds is 3. The van der Waals surface area contributed by atoms with Crippen LogP contribution in [-0.2, 0) is 6.54 Å². The molecule has 0 amide bonds. The molecule has 3 rings (SSSR count). The van der Waals surface area contributed by atoms with Crippen LogP contribution in [0, 0.1) is 0 Å². The lowest BCUT2D eigenvalue weighted by molar-refractivity contribution is 0.0680. The first-order valence-electron chi connectivity index (χ1n) is 6.92. The van der Waals surface area contributed by atoms with Crippen LogP contribution in [-0.4, -0.2) is 20.7 Å². The number of aromatic hydroxyl groups is 1. The number of nitrogens with zero attached hydrogens (tertiary/aromatic N) is 1. The van der Waals surface area contributed by atoms with E-state index >= 15 is 0 Å². The number of carboxylic acids is 1. The third kappa shape index (κ3) is 2.72. The number of hydrogen-bond acceptors (Lipinski definition) is 3. The van der Waals surface area contributed by atoms with Gasteiger partial charge in [-0.25, -0.2) is 4.79 Å². The summed E-state index contributed by atoms with van der Waals surface area (Å²) in [6.07, 6.45) is 0. The second kappa shape index (κ2) is 6.19. The lowest BCUT2D eigenvalue weighted by Crippen LogP contribution is -2.27. The monoisotopic (exact) mass is 363 g/mol. The van der Waals surface area contributed by atoms with Crippen LogP contribution < -0.4 is 5.56 Å². The number of benzene rings is 2. The maximum absolute atomic E-state index is 12.8. The van der Waals surface area contributed by atoms with Gasteiger partial charge in [-0.05, 0) is 17.7 Å². The van der Waals surface area contributed by atoms with Gasteiger partial charge in [-0.1, -0.05) is 53.5 Å². The molecule has 1 aromatic heterocycles. The Morgan fingerprint density at radius 1 is 1.04 bits per heavy atom. The smallest absolute Gasteiger partial charge is 0.356 e. The lowest BCUT2D eigenvalue weighted by Gasteiger charge is -2.14. The van der Waals surface area contributed by atoms with Gasteiger partial charge in [0.05, 0.1) is 22.0 Å². The highest BCUT2D eigenvalue weighted by molar-refractivity contribution is 6.42. The van der Waals surface area contributed by atoms with Crippen LogP contribution in [0.25, 0.3) is 10.8 Å². The van der Waals surface area contributed by atoms with E-state index in [2.05, 4.69) is 0 Å². The Balaban J connectivity index is 2.37. The average Bonchev–Trinajstić information content (AvgIpc) is 2.55. The van der Waals surface area contributed by atoms with E-state index < -0.39 is 23.0 Å². The number of aromatic nitrogens is 1. The number of pyridine rings is 1. The highest BCUT2D eigenvalue weighted by Gasteiger charge is 2.22. The lowest BCUT2D eigenvalue weighted by atomic mass is 10.1. The van der Waals surface area contributed by atoms with Crippen LogP contribution >= 0.6 is 23.2 Å². The van der Waals surface area contributed by atoms with Crippen molar-refractivity contribution in [2.75, 3.05) is 0 Å². The largest absolute Gasteiger partial charge is 0.505 e. The summed E-state index contributed by atoms with van der Waals surface area (Å²) < 4.78 is 1.01. The molecule has 7 heteroatoms. The molecule has 0 saturated heterocycles. The van der Waals surface area contributed by atoms with Gasteiger partial charge in [0.2, 0.25) is 0 Å². The first kappa shape index (κ1) is 16.4. The first-order chi connectivity index (χ1) is 11.4. The van der Waals surface area contributed by atoms with Crippen molar-refractivity contribution in [3.63, 3.8) is 0 Å². The maximum atomic E-state index is 12.8. The van der Waals surface area contributed by atoms with Gasteiger partial charge in [-0.2, -0.15) is 0 Å². The molecule has 0 aliphatic heterocycles. The average molecular weight is 364 g/mol. The molecule has 0 spiro atoms. The van der Waals surface area contributed by atoms with E-state index in [1.165, 1.54) is 12.1 Å². The van der Waals surface area contributed by atoms with Crippen molar-refractivity contribution >= 4 is 39.9 Å². The molecule has 0 aliphatic rings. The molecule has 5 nitrogen and oxygen atoms in total. The first-order valence-corrected chi connectivity index (χ1v) is 7.67. The Morgan fingerprint density at radius 3 is 2.21 bits per heavy atom. The third-order valence-corrected chi connectivity index (χ3v) is 4.39. The van der Waals surface area contributed by atoms with Crippen molar-refractivity contribution in [1.82, 2.24) is 4.57 Å². The SMILES string of the molecule is O=C(O)c1c(O)c2cc(Cl)c(Cl)cc2c(=O)n1Cc1ccccc1. The molecule has 0 atom stereocenters. The van der Waals surface area contributed by atoms with E-state index in [1.54, 1.807) is 24.3 Å². The summed E-state index contributed by atoms with van der Waals surface area (Å²) >= 11 is 11.9. The van der Waals surface area contributed by atoms with Gasteiger partial charge in [0.25, 0.3) is 5.56 Å². The van der Waals surface area contributed by atoms with Crippen LogP contribution in [0.5, 0.6) is 5.75 Å². The number of carboxylic acid groups (broad SMARTS) is 1. The molecule has 2 N–H and O–H groups in total. The number of carbonyl (C=O) groups is 1. The highest BCUT2D eigenvalue weighted by atomic mass is 35.5. The van der Waals surface area contributed by atoms with E-state index in [4.69, 9.17) is 23.2 Å². The highest BCUT2D eigenvalue weighted by Crippen LogP contribution is 2.33. The van der Waals surface area contributed by atoms with Gasteiger partial charge in [0.1, 0.15) is 0 Å². The van der Waals surface area contributed by atoms with E-state index in [0.29, 0.717) is 0 Å².